The van der Waals surface area contributed by atoms with Crippen LogP contribution in [-0.2, 0) is 4.79 Å². The molecule has 0 atom stereocenters. The van der Waals surface area contributed by atoms with E-state index in [1.807, 2.05) is 77.3 Å². The maximum Gasteiger partial charge on any atom is 0.260 e. The van der Waals surface area contributed by atoms with Crippen molar-refractivity contribution in [2.75, 3.05) is 39.4 Å². The fraction of sp³-hybridized carbons (Fsp3) is 0.308. The molecule has 0 spiro atoms. The first-order chi connectivity index (χ1) is 16.1. The van der Waals surface area contributed by atoms with Gasteiger partial charge in [0.1, 0.15) is 11.5 Å². The van der Waals surface area contributed by atoms with Gasteiger partial charge in [-0.1, -0.05) is 0 Å². The molecule has 0 bridgehead atoms. The molecule has 2 heterocycles. The molecule has 1 saturated heterocycles. The number of nitrogens with zero attached hydrogens (tertiary/aromatic N) is 3. The second-order valence-electron chi connectivity index (χ2n) is 7.86. The number of amides is 2. The zero-order valence-corrected chi connectivity index (χ0v) is 18.9. The summed E-state index contributed by atoms with van der Waals surface area (Å²) in [5, 5.41) is 0. The summed E-state index contributed by atoms with van der Waals surface area (Å²) >= 11 is 0. The molecule has 0 radical (unpaired) electrons. The topological polar surface area (TPSA) is 64.0 Å². The van der Waals surface area contributed by atoms with Crippen molar-refractivity contribution in [1.82, 2.24) is 14.4 Å². The molecule has 0 aliphatic carbocycles. The molecular formula is C26H29N3O4. The van der Waals surface area contributed by atoms with Gasteiger partial charge in [0.2, 0.25) is 0 Å². The Kier molecular flexibility index (Phi) is 7.29. The number of carbonyl (C=O) groups excluding carboxylic acids is 2. The number of rotatable bonds is 7. The molecule has 1 aliphatic rings. The Hall–Kier alpha value is -3.74. The number of carbonyl (C=O) groups is 2. The minimum absolute atomic E-state index is 0.00556. The number of benzene rings is 2. The summed E-state index contributed by atoms with van der Waals surface area (Å²) in [7, 11) is 0. The van der Waals surface area contributed by atoms with Gasteiger partial charge in [-0.15, -0.1) is 0 Å². The van der Waals surface area contributed by atoms with Crippen LogP contribution in [0.5, 0.6) is 11.5 Å². The molecule has 1 aliphatic heterocycles. The van der Waals surface area contributed by atoms with E-state index in [0.717, 1.165) is 17.9 Å². The predicted molar refractivity (Wildman–Crippen MR) is 126 cm³/mol. The highest BCUT2D eigenvalue weighted by molar-refractivity contribution is 5.94. The molecule has 172 valence electrons. The molecule has 0 saturated carbocycles. The van der Waals surface area contributed by atoms with Crippen LogP contribution in [0.2, 0.25) is 0 Å². The molecule has 2 amide bonds. The molecule has 33 heavy (non-hydrogen) atoms. The summed E-state index contributed by atoms with van der Waals surface area (Å²) in [5.41, 5.74) is 1.67. The fourth-order valence-electron chi connectivity index (χ4n) is 3.87. The third-order valence-corrected chi connectivity index (χ3v) is 5.65. The summed E-state index contributed by atoms with van der Waals surface area (Å²) in [5.74, 6) is 1.32. The Morgan fingerprint density at radius 1 is 0.788 bits per heavy atom. The van der Waals surface area contributed by atoms with Crippen LogP contribution < -0.4 is 9.47 Å². The zero-order chi connectivity index (χ0) is 23.0. The number of ether oxygens (including phenoxy) is 2. The number of aromatic nitrogens is 1. The lowest BCUT2D eigenvalue weighted by Gasteiger charge is -2.22. The average Bonchev–Trinajstić information content (AvgIpc) is 3.28. The molecule has 3 aromatic rings. The minimum Gasteiger partial charge on any atom is -0.494 e. The van der Waals surface area contributed by atoms with Gasteiger partial charge in [-0.25, -0.2) is 0 Å². The van der Waals surface area contributed by atoms with Crippen molar-refractivity contribution in [3.05, 3.63) is 78.6 Å². The molecule has 4 rings (SSSR count). The number of hydrogen-bond acceptors (Lipinski definition) is 4. The first-order valence-corrected chi connectivity index (χ1v) is 11.3. The van der Waals surface area contributed by atoms with E-state index in [4.69, 9.17) is 9.47 Å². The van der Waals surface area contributed by atoms with Crippen molar-refractivity contribution in [3.8, 4) is 17.2 Å². The molecule has 7 heteroatoms. The van der Waals surface area contributed by atoms with Crippen LogP contribution in [0.1, 0.15) is 23.7 Å². The second kappa shape index (κ2) is 10.7. The smallest absolute Gasteiger partial charge is 0.260 e. The van der Waals surface area contributed by atoms with E-state index in [0.29, 0.717) is 44.1 Å². The highest BCUT2D eigenvalue weighted by Crippen LogP contribution is 2.18. The monoisotopic (exact) mass is 447 g/mol. The van der Waals surface area contributed by atoms with Crippen LogP contribution in [-0.4, -0.2) is 65.6 Å². The standard InChI is InChI=1S/C26H29N3O4/c1-2-32-23-10-12-24(13-11-23)33-20-25(30)28-16-5-17-29(19-18-28)26(31)21-6-8-22(9-7-21)27-14-3-4-15-27/h3-4,6-15H,2,5,16-20H2,1H3. The normalized spacial score (nSPS) is 14.0. The van der Waals surface area contributed by atoms with E-state index in [1.54, 1.807) is 17.0 Å². The van der Waals surface area contributed by atoms with Crippen LogP contribution in [0, 0.1) is 0 Å². The van der Waals surface area contributed by atoms with E-state index in [2.05, 4.69) is 0 Å². The molecule has 1 fully saturated rings. The first kappa shape index (κ1) is 22.5. The van der Waals surface area contributed by atoms with Crippen molar-refractivity contribution in [3.63, 3.8) is 0 Å². The SMILES string of the molecule is CCOc1ccc(OCC(=O)N2CCCN(C(=O)c3ccc(-n4cccc4)cc3)CC2)cc1. The first-order valence-electron chi connectivity index (χ1n) is 11.3. The third kappa shape index (κ3) is 5.74. The van der Waals surface area contributed by atoms with Gasteiger partial charge < -0.3 is 23.8 Å². The van der Waals surface area contributed by atoms with Crippen molar-refractivity contribution in [2.45, 2.75) is 13.3 Å². The quantitative estimate of drug-likeness (QED) is 0.555. The summed E-state index contributed by atoms with van der Waals surface area (Å²) in [6, 6.07) is 18.8. The van der Waals surface area contributed by atoms with Gasteiger partial charge in [-0.2, -0.15) is 0 Å². The molecule has 0 N–H and O–H groups in total. The van der Waals surface area contributed by atoms with E-state index < -0.39 is 0 Å². The summed E-state index contributed by atoms with van der Waals surface area (Å²) in [4.78, 5) is 29.3. The summed E-state index contributed by atoms with van der Waals surface area (Å²) in [6.07, 6.45) is 4.68. The van der Waals surface area contributed by atoms with Crippen molar-refractivity contribution >= 4 is 11.8 Å². The third-order valence-electron chi connectivity index (χ3n) is 5.65. The highest BCUT2D eigenvalue weighted by Gasteiger charge is 2.23. The molecule has 0 unspecified atom stereocenters. The zero-order valence-electron chi connectivity index (χ0n) is 18.9. The maximum atomic E-state index is 13.0. The molecule has 2 aromatic carbocycles. The van der Waals surface area contributed by atoms with Gasteiger partial charge in [-0.05, 0) is 74.0 Å². The summed E-state index contributed by atoms with van der Waals surface area (Å²) < 4.78 is 13.1. The van der Waals surface area contributed by atoms with Crippen molar-refractivity contribution < 1.29 is 19.1 Å². The van der Waals surface area contributed by atoms with Crippen molar-refractivity contribution in [2.24, 2.45) is 0 Å². The lowest BCUT2D eigenvalue weighted by Crippen LogP contribution is -2.39. The van der Waals surface area contributed by atoms with E-state index in [-0.39, 0.29) is 18.4 Å². The Morgan fingerprint density at radius 3 is 2.06 bits per heavy atom. The van der Waals surface area contributed by atoms with Gasteiger partial charge in [0.15, 0.2) is 6.61 Å². The Morgan fingerprint density at radius 2 is 1.39 bits per heavy atom. The van der Waals surface area contributed by atoms with E-state index in [9.17, 15) is 9.59 Å². The van der Waals surface area contributed by atoms with Crippen LogP contribution >= 0.6 is 0 Å². The Balaban J connectivity index is 1.28. The maximum absolute atomic E-state index is 13.0. The van der Waals surface area contributed by atoms with Crippen LogP contribution in [0.3, 0.4) is 0 Å². The average molecular weight is 448 g/mol. The van der Waals surface area contributed by atoms with Gasteiger partial charge in [-0.3, -0.25) is 9.59 Å². The lowest BCUT2D eigenvalue weighted by atomic mass is 10.1. The fourth-order valence-corrected chi connectivity index (χ4v) is 3.87. The highest BCUT2D eigenvalue weighted by atomic mass is 16.5. The van der Waals surface area contributed by atoms with Crippen LogP contribution in [0.4, 0.5) is 0 Å². The van der Waals surface area contributed by atoms with Crippen LogP contribution in [0.25, 0.3) is 5.69 Å². The Bertz CT molecular complexity index is 1050. The molecule has 1 aromatic heterocycles. The Labute approximate surface area is 194 Å². The van der Waals surface area contributed by atoms with E-state index >= 15 is 0 Å². The molecule has 7 nitrogen and oxygen atoms in total. The summed E-state index contributed by atoms with van der Waals surface area (Å²) in [6.45, 7) is 4.75. The second-order valence-corrected chi connectivity index (χ2v) is 7.86. The molecular weight excluding hydrogens is 418 g/mol. The number of hydrogen-bond donors (Lipinski definition) is 0. The van der Waals surface area contributed by atoms with Gasteiger partial charge in [0, 0.05) is 49.8 Å². The minimum atomic E-state index is -0.0748. The van der Waals surface area contributed by atoms with Gasteiger partial charge in [0.25, 0.3) is 11.8 Å². The largest absolute Gasteiger partial charge is 0.494 e. The van der Waals surface area contributed by atoms with Gasteiger partial charge >= 0.3 is 0 Å². The predicted octanol–water partition coefficient (Wildman–Crippen LogP) is 3.63. The lowest BCUT2D eigenvalue weighted by molar-refractivity contribution is -0.133. The van der Waals surface area contributed by atoms with E-state index in [1.165, 1.54) is 0 Å². The van der Waals surface area contributed by atoms with Crippen LogP contribution in [0.15, 0.2) is 73.1 Å². The van der Waals surface area contributed by atoms with Gasteiger partial charge in [0.05, 0.1) is 6.61 Å². The van der Waals surface area contributed by atoms with Crippen molar-refractivity contribution in [1.29, 1.82) is 0 Å².